The molecule has 2 rings (SSSR count). The highest BCUT2D eigenvalue weighted by Crippen LogP contribution is 2.22. The summed E-state index contributed by atoms with van der Waals surface area (Å²) in [4.78, 5) is 37.6. The molecular formula is C19H20N2O4. The van der Waals surface area contributed by atoms with Gasteiger partial charge in [-0.15, -0.1) is 0 Å². The van der Waals surface area contributed by atoms with Gasteiger partial charge in [-0.1, -0.05) is 30.3 Å². The second-order valence-corrected chi connectivity index (χ2v) is 5.48. The molecule has 0 atom stereocenters. The fourth-order valence-electron chi connectivity index (χ4n) is 2.40. The molecular weight excluding hydrogens is 320 g/mol. The third kappa shape index (κ3) is 4.44. The number of benzene rings is 2. The smallest absolute Gasteiger partial charge is 0.339 e. The van der Waals surface area contributed by atoms with Crippen LogP contribution >= 0.6 is 0 Å². The fourth-order valence-corrected chi connectivity index (χ4v) is 2.40. The minimum absolute atomic E-state index is 0.211. The van der Waals surface area contributed by atoms with E-state index < -0.39 is 5.97 Å². The van der Waals surface area contributed by atoms with Crippen molar-refractivity contribution in [2.45, 2.75) is 13.8 Å². The van der Waals surface area contributed by atoms with Crippen LogP contribution in [0.5, 0.6) is 0 Å². The zero-order valence-electron chi connectivity index (χ0n) is 14.4. The summed E-state index contributed by atoms with van der Waals surface area (Å²) >= 11 is 0. The Morgan fingerprint density at radius 2 is 1.68 bits per heavy atom. The fraction of sp³-hybridized carbons (Fsp3) is 0.211. The average Bonchev–Trinajstić information content (AvgIpc) is 2.61. The minimum atomic E-state index is -0.568. The van der Waals surface area contributed by atoms with E-state index in [9.17, 15) is 14.4 Å². The van der Waals surface area contributed by atoms with Crippen molar-refractivity contribution in [3.8, 4) is 0 Å². The van der Waals surface area contributed by atoms with Gasteiger partial charge in [-0.05, 0) is 30.7 Å². The summed E-state index contributed by atoms with van der Waals surface area (Å²) in [6.45, 7) is 3.01. The molecule has 0 heterocycles. The molecule has 0 aliphatic rings. The van der Waals surface area contributed by atoms with Crippen LogP contribution in [-0.4, -0.2) is 31.4 Å². The Morgan fingerprint density at radius 3 is 2.32 bits per heavy atom. The minimum Gasteiger partial charge on any atom is -0.465 e. The van der Waals surface area contributed by atoms with Crippen LogP contribution in [0.3, 0.4) is 0 Å². The van der Waals surface area contributed by atoms with Crippen molar-refractivity contribution < 1.29 is 19.1 Å². The van der Waals surface area contributed by atoms with E-state index in [1.54, 1.807) is 30.3 Å². The van der Waals surface area contributed by atoms with Crippen LogP contribution in [0.1, 0.15) is 22.8 Å². The van der Waals surface area contributed by atoms with Crippen molar-refractivity contribution in [3.63, 3.8) is 0 Å². The number of aryl methyl sites for hydroxylation is 1. The maximum Gasteiger partial charge on any atom is 0.339 e. The van der Waals surface area contributed by atoms with Gasteiger partial charge in [0.25, 0.3) is 0 Å². The third-order valence-electron chi connectivity index (χ3n) is 3.70. The highest BCUT2D eigenvalue weighted by atomic mass is 16.5. The lowest BCUT2D eigenvalue weighted by atomic mass is 10.1. The quantitative estimate of drug-likeness (QED) is 0.849. The Morgan fingerprint density at radius 1 is 1.04 bits per heavy atom. The van der Waals surface area contributed by atoms with E-state index in [1.807, 2.05) is 25.1 Å². The Kier molecular flexibility index (Phi) is 5.89. The molecule has 0 spiro atoms. The first-order valence-corrected chi connectivity index (χ1v) is 7.75. The number of nitrogens with zero attached hydrogens (tertiary/aromatic N) is 1. The molecule has 2 amide bonds. The zero-order chi connectivity index (χ0) is 18.4. The molecule has 6 nitrogen and oxygen atoms in total. The summed E-state index contributed by atoms with van der Waals surface area (Å²) in [5.74, 6) is -1.28. The number of para-hydroxylation sites is 2. The van der Waals surface area contributed by atoms with Gasteiger partial charge in [-0.3, -0.25) is 9.59 Å². The summed E-state index contributed by atoms with van der Waals surface area (Å²) in [6.07, 6.45) is 0. The molecule has 25 heavy (non-hydrogen) atoms. The standard InChI is InChI=1S/C19H20N2O4/c1-13-8-4-6-10-16(13)20-18(23)12-21(14(2)22)17-11-7-5-9-15(17)19(24)25-3/h4-11H,12H2,1-3H3,(H,20,23). The normalized spacial score (nSPS) is 10.0. The summed E-state index contributed by atoms with van der Waals surface area (Å²) in [5, 5.41) is 2.78. The lowest BCUT2D eigenvalue weighted by Crippen LogP contribution is -2.37. The lowest BCUT2D eigenvalue weighted by molar-refractivity contribution is -0.120. The molecule has 0 radical (unpaired) electrons. The van der Waals surface area contributed by atoms with Crippen LogP contribution in [0.25, 0.3) is 0 Å². The largest absolute Gasteiger partial charge is 0.465 e. The van der Waals surface area contributed by atoms with E-state index >= 15 is 0 Å². The Balaban J connectivity index is 2.25. The molecule has 6 heteroatoms. The predicted octanol–water partition coefficient (Wildman–Crippen LogP) is 2.77. The van der Waals surface area contributed by atoms with E-state index in [0.29, 0.717) is 11.4 Å². The first-order chi connectivity index (χ1) is 11.9. The van der Waals surface area contributed by atoms with Crippen molar-refractivity contribution in [2.75, 3.05) is 23.9 Å². The number of nitrogens with one attached hydrogen (secondary N) is 1. The Labute approximate surface area is 146 Å². The van der Waals surface area contributed by atoms with Gasteiger partial charge in [0.2, 0.25) is 11.8 Å². The van der Waals surface area contributed by atoms with Crippen LogP contribution in [0.2, 0.25) is 0 Å². The monoisotopic (exact) mass is 340 g/mol. The second-order valence-electron chi connectivity index (χ2n) is 5.48. The topological polar surface area (TPSA) is 75.7 Å². The zero-order valence-corrected chi connectivity index (χ0v) is 14.4. The van der Waals surface area contributed by atoms with Crippen LogP contribution in [0.15, 0.2) is 48.5 Å². The molecule has 0 unspecified atom stereocenters. The number of anilines is 2. The van der Waals surface area contributed by atoms with E-state index in [1.165, 1.54) is 18.9 Å². The molecule has 0 aliphatic heterocycles. The molecule has 0 aliphatic carbocycles. The Hall–Kier alpha value is -3.15. The molecule has 0 saturated heterocycles. The number of ether oxygens (including phenoxy) is 1. The van der Waals surface area contributed by atoms with Gasteiger partial charge in [-0.2, -0.15) is 0 Å². The third-order valence-corrected chi connectivity index (χ3v) is 3.70. The highest BCUT2D eigenvalue weighted by molar-refractivity contribution is 6.06. The van der Waals surface area contributed by atoms with Crippen LogP contribution in [-0.2, 0) is 14.3 Å². The first-order valence-electron chi connectivity index (χ1n) is 7.75. The number of esters is 1. The molecule has 0 saturated carbocycles. The number of rotatable bonds is 5. The molecule has 1 N–H and O–H groups in total. The van der Waals surface area contributed by atoms with Gasteiger partial charge in [0.1, 0.15) is 6.54 Å². The first kappa shape index (κ1) is 18.2. The summed E-state index contributed by atoms with van der Waals surface area (Å²) in [5.41, 5.74) is 2.16. The Bertz CT molecular complexity index is 802. The van der Waals surface area contributed by atoms with E-state index in [-0.39, 0.29) is 23.9 Å². The molecule has 0 bridgehead atoms. The number of hydrogen-bond donors (Lipinski definition) is 1. The van der Waals surface area contributed by atoms with Crippen LogP contribution < -0.4 is 10.2 Å². The number of amides is 2. The highest BCUT2D eigenvalue weighted by Gasteiger charge is 2.22. The SMILES string of the molecule is COC(=O)c1ccccc1N(CC(=O)Nc1ccccc1C)C(C)=O. The molecule has 0 aromatic heterocycles. The van der Waals surface area contributed by atoms with Gasteiger partial charge >= 0.3 is 5.97 Å². The average molecular weight is 340 g/mol. The van der Waals surface area contributed by atoms with Crippen molar-refractivity contribution in [1.29, 1.82) is 0 Å². The lowest BCUT2D eigenvalue weighted by Gasteiger charge is -2.23. The molecule has 130 valence electrons. The van der Waals surface area contributed by atoms with Crippen molar-refractivity contribution in [3.05, 3.63) is 59.7 Å². The van der Waals surface area contributed by atoms with E-state index in [4.69, 9.17) is 4.74 Å². The van der Waals surface area contributed by atoms with Gasteiger partial charge in [0, 0.05) is 12.6 Å². The number of methoxy groups -OCH3 is 1. The van der Waals surface area contributed by atoms with Crippen molar-refractivity contribution in [2.24, 2.45) is 0 Å². The van der Waals surface area contributed by atoms with E-state index in [0.717, 1.165) is 5.56 Å². The molecule has 2 aromatic rings. The molecule has 2 aromatic carbocycles. The second kappa shape index (κ2) is 8.10. The summed E-state index contributed by atoms with van der Waals surface area (Å²) in [6, 6.07) is 13.9. The van der Waals surface area contributed by atoms with Gasteiger partial charge in [0.15, 0.2) is 0 Å². The van der Waals surface area contributed by atoms with E-state index in [2.05, 4.69) is 5.32 Å². The van der Waals surface area contributed by atoms with Gasteiger partial charge in [0.05, 0.1) is 18.4 Å². The van der Waals surface area contributed by atoms with Gasteiger partial charge < -0.3 is 15.0 Å². The predicted molar refractivity (Wildman–Crippen MR) is 95.6 cm³/mol. The number of carbonyl (C=O) groups excluding carboxylic acids is 3. The maximum atomic E-state index is 12.4. The van der Waals surface area contributed by atoms with Crippen LogP contribution in [0.4, 0.5) is 11.4 Å². The number of carbonyl (C=O) groups is 3. The van der Waals surface area contributed by atoms with Crippen molar-refractivity contribution in [1.82, 2.24) is 0 Å². The number of hydrogen-bond acceptors (Lipinski definition) is 4. The maximum absolute atomic E-state index is 12.4. The molecule has 0 fully saturated rings. The summed E-state index contributed by atoms with van der Waals surface area (Å²) < 4.78 is 4.75. The van der Waals surface area contributed by atoms with Crippen LogP contribution in [0, 0.1) is 6.92 Å². The van der Waals surface area contributed by atoms with Gasteiger partial charge in [-0.25, -0.2) is 4.79 Å². The summed E-state index contributed by atoms with van der Waals surface area (Å²) in [7, 11) is 1.27. The van der Waals surface area contributed by atoms with Crippen molar-refractivity contribution >= 4 is 29.2 Å².